The molecule has 0 atom stereocenters. The van der Waals surface area contributed by atoms with Crippen LogP contribution in [-0.4, -0.2) is 0 Å². The summed E-state index contributed by atoms with van der Waals surface area (Å²) in [6.45, 7) is 0. The predicted molar refractivity (Wildman–Crippen MR) is 227 cm³/mol. The Bertz CT molecular complexity index is 2930. The van der Waals surface area contributed by atoms with Crippen LogP contribution in [0.5, 0.6) is 0 Å². The highest BCUT2D eigenvalue weighted by Gasteiger charge is 2.18. The van der Waals surface area contributed by atoms with Crippen molar-refractivity contribution in [3.05, 3.63) is 212 Å². The minimum absolute atomic E-state index is 1.11. The maximum absolute atomic E-state index is 2.43. The molecule has 0 amide bonds. The average Bonchev–Trinajstić information content (AvgIpc) is 3.24. The molecule has 0 aliphatic carbocycles. The topological polar surface area (TPSA) is 3.24 Å². The first-order valence-corrected chi connectivity index (χ1v) is 18.3. The molecule has 10 aromatic rings. The lowest BCUT2D eigenvalue weighted by Gasteiger charge is -2.28. The zero-order valence-corrected chi connectivity index (χ0v) is 29.2. The number of benzene rings is 10. The van der Waals surface area contributed by atoms with E-state index in [-0.39, 0.29) is 0 Å². The van der Waals surface area contributed by atoms with E-state index in [4.69, 9.17) is 0 Å². The molecule has 0 bridgehead atoms. The normalized spacial score (nSPS) is 11.4. The van der Waals surface area contributed by atoms with Gasteiger partial charge in [0, 0.05) is 16.8 Å². The summed E-state index contributed by atoms with van der Waals surface area (Å²) in [5.41, 5.74) is 10.6. The van der Waals surface area contributed by atoms with E-state index in [1.807, 2.05) is 0 Å². The lowest BCUT2D eigenvalue weighted by molar-refractivity contribution is 1.30. The van der Waals surface area contributed by atoms with Crippen LogP contribution in [0.4, 0.5) is 17.1 Å². The molecule has 0 fully saturated rings. The molecular weight excluding hydrogens is 639 g/mol. The van der Waals surface area contributed by atoms with Gasteiger partial charge < -0.3 is 4.90 Å². The van der Waals surface area contributed by atoms with Gasteiger partial charge in [0.25, 0.3) is 0 Å². The highest BCUT2D eigenvalue weighted by molar-refractivity contribution is 6.14. The third-order valence-electron chi connectivity index (χ3n) is 10.6. The zero-order valence-electron chi connectivity index (χ0n) is 29.2. The summed E-state index contributed by atoms with van der Waals surface area (Å²) >= 11 is 0. The summed E-state index contributed by atoms with van der Waals surface area (Å²) in [4.78, 5) is 2.43. The summed E-state index contributed by atoms with van der Waals surface area (Å²) in [6, 6.07) is 77.3. The Kier molecular flexibility index (Phi) is 7.55. The second-order valence-corrected chi connectivity index (χ2v) is 13.8. The van der Waals surface area contributed by atoms with Crippen LogP contribution in [0, 0.1) is 0 Å². The Labute approximate surface area is 309 Å². The van der Waals surface area contributed by atoms with Crippen molar-refractivity contribution in [1.29, 1.82) is 0 Å². The number of hydrogen-bond donors (Lipinski definition) is 0. The molecule has 0 unspecified atom stereocenters. The van der Waals surface area contributed by atoms with E-state index in [2.05, 4.69) is 217 Å². The Morgan fingerprint density at radius 1 is 0.245 bits per heavy atom. The molecule has 0 radical (unpaired) electrons. The Morgan fingerprint density at radius 2 is 0.792 bits per heavy atom. The zero-order chi connectivity index (χ0) is 35.1. The minimum Gasteiger partial charge on any atom is -0.310 e. The quantitative estimate of drug-likeness (QED) is 0.159. The number of anilines is 3. The minimum atomic E-state index is 1.11. The fourth-order valence-corrected chi connectivity index (χ4v) is 7.96. The SMILES string of the molecule is c1cc(-c2cccc3ccccc23)cc(N(c2ccc(-c3ccc(-c4ccc5ccccc5c4)cc3)cc2)c2cc3ccccc3c3ccccc23)c1. The van der Waals surface area contributed by atoms with E-state index in [0.717, 1.165) is 17.1 Å². The highest BCUT2D eigenvalue weighted by atomic mass is 15.1. The summed E-state index contributed by atoms with van der Waals surface area (Å²) in [5.74, 6) is 0. The first kappa shape index (κ1) is 30.8. The van der Waals surface area contributed by atoms with Gasteiger partial charge in [-0.15, -0.1) is 0 Å². The molecule has 0 N–H and O–H groups in total. The highest BCUT2D eigenvalue weighted by Crippen LogP contribution is 2.43. The molecule has 0 saturated heterocycles. The molecule has 0 heterocycles. The van der Waals surface area contributed by atoms with Crippen molar-refractivity contribution in [3.63, 3.8) is 0 Å². The van der Waals surface area contributed by atoms with Gasteiger partial charge in [-0.2, -0.15) is 0 Å². The van der Waals surface area contributed by atoms with Crippen molar-refractivity contribution in [3.8, 4) is 33.4 Å². The lowest BCUT2D eigenvalue weighted by atomic mass is 9.96. The molecule has 0 aliphatic heterocycles. The van der Waals surface area contributed by atoms with Gasteiger partial charge in [-0.3, -0.25) is 0 Å². The van der Waals surface area contributed by atoms with Crippen LogP contribution in [0.1, 0.15) is 0 Å². The summed E-state index contributed by atoms with van der Waals surface area (Å²) in [6.07, 6.45) is 0. The Hall–Kier alpha value is -6.96. The molecule has 0 saturated carbocycles. The Balaban J connectivity index is 1.08. The fraction of sp³-hybridized carbons (Fsp3) is 0. The first-order valence-electron chi connectivity index (χ1n) is 18.3. The lowest BCUT2D eigenvalue weighted by Crippen LogP contribution is -2.10. The van der Waals surface area contributed by atoms with E-state index < -0.39 is 0 Å². The van der Waals surface area contributed by atoms with Crippen LogP contribution < -0.4 is 4.90 Å². The van der Waals surface area contributed by atoms with Crippen molar-refractivity contribution in [2.24, 2.45) is 0 Å². The second-order valence-electron chi connectivity index (χ2n) is 13.8. The van der Waals surface area contributed by atoms with Gasteiger partial charge >= 0.3 is 0 Å². The monoisotopic (exact) mass is 673 g/mol. The molecule has 0 aromatic heterocycles. The number of nitrogens with zero attached hydrogens (tertiary/aromatic N) is 1. The molecule has 53 heavy (non-hydrogen) atoms. The maximum atomic E-state index is 2.43. The summed E-state index contributed by atoms with van der Waals surface area (Å²) < 4.78 is 0. The molecule has 1 nitrogen and oxygen atoms in total. The van der Waals surface area contributed by atoms with Gasteiger partial charge in [-0.05, 0) is 107 Å². The molecule has 0 aliphatic rings. The molecule has 10 rings (SSSR count). The number of hydrogen-bond acceptors (Lipinski definition) is 1. The smallest absolute Gasteiger partial charge is 0.0546 e. The van der Waals surface area contributed by atoms with Gasteiger partial charge in [0.2, 0.25) is 0 Å². The number of rotatable bonds is 6. The van der Waals surface area contributed by atoms with Gasteiger partial charge in [0.1, 0.15) is 0 Å². The van der Waals surface area contributed by atoms with Crippen LogP contribution in [0.15, 0.2) is 212 Å². The van der Waals surface area contributed by atoms with Crippen LogP contribution >= 0.6 is 0 Å². The number of fused-ring (bicyclic) bond motifs is 5. The van der Waals surface area contributed by atoms with Crippen LogP contribution in [0.2, 0.25) is 0 Å². The third-order valence-corrected chi connectivity index (χ3v) is 10.6. The van der Waals surface area contributed by atoms with Crippen molar-refractivity contribution in [2.45, 2.75) is 0 Å². The van der Waals surface area contributed by atoms with Gasteiger partial charge in [-0.1, -0.05) is 176 Å². The second kappa shape index (κ2) is 13.0. The van der Waals surface area contributed by atoms with E-state index in [0.29, 0.717) is 0 Å². The summed E-state index contributed by atoms with van der Waals surface area (Å²) in [5, 5.41) is 9.97. The molecular formula is C52H35N. The van der Waals surface area contributed by atoms with Crippen LogP contribution in [0.25, 0.3) is 76.5 Å². The van der Waals surface area contributed by atoms with Gasteiger partial charge in [-0.25, -0.2) is 0 Å². The van der Waals surface area contributed by atoms with Gasteiger partial charge in [0.15, 0.2) is 0 Å². The molecule has 1 heteroatoms. The van der Waals surface area contributed by atoms with Crippen LogP contribution in [-0.2, 0) is 0 Å². The summed E-state index contributed by atoms with van der Waals surface area (Å²) in [7, 11) is 0. The maximum Gasteiger partial charge on any atom is 0.0546 e. The van der Waals surface area contributed by atoms with Gasteiger partial charge in [0.05, 0.1) is 5.69 Å². The van der Waals surface area contributed by atoms with Crippen molar-refractivity contribution in [1.82, 2.24) is 0 Å². The first-order chi connectivity index (χ1) is 26.3. The van der Waals surface area contributed by atoms with Crippen molar-refractivity contribution >= 4 is 60.2 Å². The Morgan fingerprint density at radius 3 is 1.57 bits per heavy atom. The standard InChI is InChI=1S/C52H35N/c1-2-13-41-33-42(28-27-36(41)11-1)39-25-23-37(24-26-39)38-29-31-45(32-30-38)53(52-35-44-14-4-6-19-49(44)50-20-7-8-21-51(50)52)46-17-9-16-43(34-46)48-22-10-15-40-12-3-5-18-47(40)48/h1-35H. The fourth-order valence-electron chi connectivity index (χ4n) is 7.96. The molecule has 0 spiro atoms. The average molecular weight is 674 g/mol. The van der Waals surface area contributed by atoms with E-state index >= 15 is 0 Å². The van der Waals surface area contributed by atoms with E-state index in [9.17, 15) is 0 Å². The molecule has 10 aromatic carbocycles. The van der Waals surface area contributed by atoms with Crippen LogP contribution in [0.3, 0.4) is 0 Å². The van der Waals surface area contributed by atoms with Crippen molar-refractivity contribution in [2.75, 3.05) is 4.90 Å². The largest absolute Gasteiger partial charge is 0.310 e. The van der Waals surface area contributed by atoms with E-state index in [1.54, 1.807) is 0 Å². The van der Waals surface area contributed by atoms with Crippen molar-refractivity contribution < 1.29 is 0 Å². The third kappa shape index (κ3) is 5.60. The molecule has 248 valence electrons. The van der Waals surface area contributed by atoms with E-state index in [1.165, 1.54) is 76.5 Å². The predicted octanol–water partition coefficient (Wildman–Crippen LogP) is 14.8.